The fourth-order valence-electron chi connectivity index (χ4n) is 2.48. The van der Waals surface area contributed by atoms with Crippen molar-refractivity contribution in [2.45, 2.75) is 19.3 Å². The first-order valence-electron chi connectivity index (χ1n) is 7.31. The number of carbonyl (C=O) groups excluding carboxylic acids is 2. The Morgan fingerprint density at radius 3 is 3.04 bits per heavy atom. The van der Waals surface area contributed by atoms with E-state index in [4.69, 9.17) is 5.73 Å². The Hall–Kier alpha value is -2.00. The van der Waals surface area contributed by atoms with Gasteiger partial charge in [0.1, 0.15) is 0 Å². The van der Waals surface area contributed by atoms with Gasteiger partial charge in [-0.2, -0.15) is 0 Å². The summed E-state index contributed by atoms with van der Waals surface area (Å²) in [4.78, 5) is 34.1. The smallest absolute Gasteiger partial charge is 0.229 e. The number of thiazole rings is 2. The second-order valence-electron chi connectivity index (χ2n) is 5.29. The largest absolute Gasteiger partial charge is 0.375 e. The highest BCUT2D eigenvalue weighted by molar-refractivity contribution is 7.14. The number of nitrogens with zero attached hydrogens (tertiary/aromatic N) is 3. The molecule has 1 aliphatic heterocycles. The van der Waals surface area contributed by atoms with Crippen molar-refractivity contribution in [3.8, 4) is 0 Å². The summed E-state index contributed by atoms with van der Waals surface area (Å²) in [5.74, 6) is -0.422. The lowest BCUT2D eigenvalue weighted by atomic mass is 10.1. The van der Waals surface area contributed by atoms with Crippen molar-refractivity contribution in [1.82, 2.24) is 15.3 Å². The molecule has 0 radical (unpaired) electrons. The van der Waals surface area contributed by atoms with Crippen LogP contribution in [0.4, 0.5) is 10.3 Å². The minimum atomic E-state index is -0.304. The molecule has 1 fully saturated rings. The van der Waals surface area contributed by atoms with Crippen molar-refractivity contribution in [2.75, 3.05) is 23.7 Å². The first-order valence-corrected chi connectivity index (χ1v) is 9.07. The standard InChI is InChI=1S/C14H17N5O2S2/c15-13-18-10(8-23-13)2-1-3-16-12(21)9-6-11(20)19(7-9)14-17-4-5-22-14/h4-5,8-9H,1-3,6-7H2,(H2,15,18)(H,16,21). The molecule has 2 aromatic heterocycles. The number of aromatic nitrogens is 2. The monoisotopic (exact) mass is 351 g/mol. The number of nitrogen functional groups attached to an aromatic ring is 1. The minimum absolute atomic E-state index is 0.0435. The average molecular weight is 351 g/mol. The van der Waals surface area contributed by atoms with Gasteiger partial charge in [-0.15, -0.1) is 22.7 Å². The van der Waals surface area contributed by atoms with E-state index in [1.54, 1.807) is 11.1 Å². The lowest BCUT2D eigenvalue weighted by molar-refractivity contribution is -0.126. The summed E-state index contributed by atoms with van der Waals surface area (Å²) in [6, 6.07) is 0. The van der Waals surface area contributed by atoms with Crippen LogP contribution in [0.15, 0.2) is 17.0 Å². The molecular formula is C14H17N5O2S2. The molecule has 0 bridgehead atoms. The molecule has 1 saturated heterocycles. The maximum Gasteiger partial charge on any atom is 0.229 e. The second-order valence-corrected chi connectivity index (χ2v) is 7.05. The van der Waals surface area contributed by atoms with E-state index in [9.17, 15) is 9.59 Å². The van der Waals surface area contributed by atoms with E-state index in [2.05, 4.69) is 15.3 Å². The van der Waals surface area contributed by atoms with Crippen LogP contribution >= 0.6 is 22.7 Å². The topological polar surface area (TPSA) is 101 Å². The van der Waals surface area contributed by atoms with Gasteiger partial charge in [0.15, 0.2) is 10.3 Å². The predicted octanol–water partition coefficient (Wildman–Crippen LogP) is 1.28. The number of nitrogens with one attached hydrogen (secondary N) is 1. The van der Waals surface area contributed by atoms with Crippen molar-refractivity contribution >= 4 is 44.8 Å². The number of amides is 2. The molecule has 2 amide bonds. The number of anilines is 2. The summed E-state index contributed by atoms with van der Waals surface area (Å²) in [5, 5.41) is 7.87. The first kappa shape index (κ1) is 15.9. The summed E-state index contributed by atoms with van der Waals surface area (Å²) < 4.78 is 0. The van der Waals surface area contributed by atoms with E-state index in [1.165, 1.54) is 22.7 Å². The second kappa shape index (κ2) is 7.05. The number of hydrogen-bond donors (Lipinski definition) is 2. The zero-order valence-electron chi connectivity index (χ0n) is 12.4. The Morgan fingerprint density at radius 2 is 2.35 bits per heavy atom. The van der Waals surface area contributed by atoms with Crippen LogP contribution in [0.5, 0.6) is 0 Å². The molecule has 3 N–H and O–H groups in total. The van der Waals surface area contributed by atoms with Gasteiger partial charge < -0.3 is 11.1 Å². The third kappa shape index (κ3) is 3.85. The third-order valence-corrected chi connectivity index (χ3v) is 5.14. The molecule has 0 spiro atoms. The van der Waals surface area contributed by atoms with Crippen molar-refractivity contribution in [2.24, 2.45) is 5.92 Å². The van der Waals surface area contributed by atoms with E-state index < -0.39 is 0 Å². The van der Waals surface area contributed by atoms with Gasteiger partial charge in [-0.05, 0) is 12.8 Å². The predicted molar refractivity (Wildman–Crippen MR) is 90.4 cm³/mol. The number of hydrogen-bond acceptors (Lipinski definition) is 7. The number of rotatable bonds is 6. The van der Waals surface area contributed by atoms with E-state index >= 15 is 0 Å². The van der Waals surface area contributed by atoms with Crippen LogP contribution in [0.1, 0.15) is 18.5 Å². The summed E-state index contributed by atoms with van der Waals surface area (Å²) in [6.07, 6.45) is 3.48. The molecule has 1 aliphatic rings. The van der Waals surface area contributed by atoms with E-state index in [1.807, 2.05) is 10.8 Å². The Balaban J connectivity index is 1.43. The van der Waals surface area contributed by atoms with Crippen molar-refractivity contribution in [1.29, 1.82) is 0 Å². The van der Waals surface area contributed by atoms with Crippen LogP contribution in [0.2, 0.25) is 0 Å². The van der Waals surface area contributed by atoms with Gasteiger partial charge in [0.25, 0.3) is 0 Å². The van der Waals surface area contributed by atoms with Crippen molar-refractivity contribution in [3.63, 3.8) is 0 Å². The number of carbonyl (C=O) groups is 2. The first-order chi connectivity index (χ1) is 11.1. The normalized spacial score (nSPS) is 17.7. The molecular weight excluding hydrogens is 334 g/mol. The summed E-state index contributed by atoms with van der Waals surface area (Å²) in [5.41, 5.74) is 6.53. The molecule has 7 nitrogen and oxygen atoms in total. The highest BCUT2D eigenvalue weighted by Gasteiger charge is 2.35. The average Bonchev–Trinajstić information content (AvgIpc) is 3.24. The van der Waals surface area contributed by atoms with Gasteiger partial charge in [0.05, 0.1) is 11.6 Å². The summed E-state index contributed by atoms with van der Waals surface area (Å²) in [6.45, 7) is 0.971. The van der Waals surface area contributed by atoms with Gasteiger partial charge in [-0.25, -0.2) is 9.97 Å². The SMILES string of the molecule is Nc1nc(CCCNC(=O)C2CC(=O)N(c3nccs3)C2)cs1. The van der Waals surface area contributed by atoms with Crippen LogP contribution in [0.3, 0.4) is 0 Å². The molecule has 23 heavy (non-hydrogen) atoms. The number of nitrogens with two attached hydrogens (primary N) is 1. The van der Waals surface area contributed by atoms with E-state index in [0.29, 0.717) is 23.4 Å². The zero-order chi connectivity index (χ0) is 16.2. The highest BCUT2D eigenvalue weighted by atomic mass is 32.1. The fourth-order valence-corrected chi connectivity index (χ4v) is 3.75. The Bertz CT molecular complexity index is 685. The molecule has 2 aromatic rings. The third-order valence-electron chi connectivity index (χ3n) is 3.62. The Kier molecular flexibility index (Phi) is 4.87. The lowest BCUT2D eigenvalue weighted by Gasteiger charge is -2.13. The quantitative estimate of drug-likeness (QED) is 0.764. The summed E-state index contributed by atoms with van der Waals surface area (Å²) >= 11 is 2.82. The molecule has 0 saturated carbocycles. The van der Waals surface area contributed by atoms with Crippen LogP contribution < -0.4 is 16.0 Å². The van der Waals surface area contributed by atoms with Crippen LogP contribution in [0, 0.1) is 5.92 Å². The molecule has 122 valence electrons. The fraction of sp³-hybridized carbons (Fsp3) is 0.429. The van der Waals surface area contributed by atoms with E-state index in [-0.39, 0.29) is 24.2 Å². The lowest BCUT2D eigenvalue weighted by Crippen LogP contribution is -2.33. The summed E-state index contributed by atoms with van der Waals surface area (Å²) in [7, 11) is 0. The van der Waals surface area contributed by atoms with Gasteiger partial charge in [-0.3, -0.25) is 14.5 Å². The van der Waals surface area contributed by atoms with Crippen LogP contribution in [-0.2, 0) is 16.0 Å². The van der Waals surface area contributed by atoms with Crippen LogP contribution in [-0.4, -0.2) is 34.9 Å². The van der Waals surface area contributed by atoms with Gasteiger partial charge in [0, 0.05) is 36.5 Å². The molecule has 1 atom stereocenters. The molecule has 3 rings (SSSR count). The zero-order valence-corrected chi connectivity index (χ0v) is 14.0. The maximum absolute atomic E-state index is 12.2. The van der Waals surface area contributed by atoms with Crippen molar-refractivity contribution in [3.05, 3.63) is 22.7 Å². The van der Waals surface area contributed by atoms with Crippen LogP contribution in [0.25, 0.3) is 0 Å². The Labute approximate surface area is 141 Å². The van der Waals surface area contributed by atoms with Gasteiger partial charge in [0.2, 0.25) is 11.8 Å². The highest BCUT2D eigenvalue weighted by Crippen LogP contribution is 2.26. The maximum atomic E-state index is 12.2. The molecule has 9 heteroatoms. The minimum Gasteiger partial charge on any atom is -0.375 e. The van der Waals surface area contributed by atoms with Gasteiger partial charge in [-0.1, -0.05) is 0 Å². The van der Waals surface area contributed by atoms with Gasteiger partial charge >= 0.3 is 0 Å². The van der Waals surface area contributed by atoms with Crippen molar-refractivity contribution < 1.29 is 9.59 Å². The number of aryl methyl sites for hydroxylation is 1. The Morgan fingerprint density at radius 1 is 1.48 bits per heavy atom. The molecule has 1 unspecified atom stereocenters. The molecule has 0 aliphatic carbocycles. The molecule has 0 aromatic carbocycles. The van der Waals surface area contributed by atoms with E-state index in [0.717, 1.165) is 18.5 Å². The molecule has 3 heterocycles.